The van der Waals surface area contributed by atoms with Crippen LogP contribution < -0.4 is 26.0 Å². The van der Waals surface area contributed by atoms with Crippen LogP contribution in [0.25, 0.3) is 0 Å². The lowest BCUT2D eigenvalue weighted by atomic mass is 10.0. The van der Waals surface area contributed by atoms with Crippen LogP contribution in [0.1, 0.15) is 31.4 Å². The third-order valence-electron chi connectivity index (χ3n) is 6.72. The lowest BCUT2D eigenvalue weighted by Gasteiger charge is -2.28. The summed E-state index contributed by atoms with van der Waals surface area (Å²) in [5.74, 6) is -0.996. The van der Waals surface area contributed by atoms with Gasteiger partial charge in [-0.2, -0.15) is 0 Å². The summed E-state index contributed by atoms with van der Waals surface area (Å²) in [5, 5.41) is 11.9. The van der Waals surface area contributed by atoms with E-state index in [4.69, 9.17) is 4.74 Å². The van der Waals surface area contributed by atoms with Gasteiger partial charge in [0.1, 0.15) is 30.3 Å². The normalized spacial score (nSPS) is 21.9. The number of rotatable bonds is 5. The number of halogens is 1. The number of nitrogens with zero attached hydrogens (tertiary/aromatic N) is 1. The van der Waals surface area contributed by atoms with Crippen molar-refractivity contribution in [3.8, 4) is 5.75 Å². The van der Waals surface area contributed by atoms with Gasteiger partial charge in [0.2, 0.25) is 17.7 Å². The summed E-state index contributed by atoms with van der Waals surface area (Å²) >= 11 is 0. The van der Waals surface area contributed by atoms with Gasteiger partial charge in [-0.1, -0.05) is 44.2 Å². The highest BCUT2D eigenvalue weighted by molar-refractivity contribution is 5.93. The Bertz CT molecular complexity index is 1140. The number of benzene rings is 2. The fourth-order valence-corrected chi connectivity index (χ4v) is 4.63. The lowest BCUT2D eigenvalue weighted by Crippen LogP contribution is -2.59. The first-order valence-electron chi connectivity index (χ1n) is 13.9. The third-order valence-corrected chi connectivity index (χ3v) is 6.72. The summed E-state index contributed by atoms with van der Waals surface area (Å²) in [5.41, 5.74) is 1.67. The Hall–Kier alpha value is -3.50. The molecule has 0 saturated carbocycles. The van der Waals surface area contributed by atoms with Crippen LogP contribution in [0.2, 0.25) is 0 Å². The number of hydrogen-bond acceptors (Lipinski definition) is 6. The Morgan fingerprint density at radius 2 is 1.73 bits per heavy atom. The van der Waals surface area contributed by atoms with Gasteiger partial charge in [-0.15, -0.1) is 0 Å². The fraction of sp³-hybridized carbons (Fsp3) is 0.500. The first kappa shape index (κ1) is 31.0. The molecular formula is C30H42FN5O4. The van der Waals surface area contributed by atoms with Crippen molar-refractivity contribution < 1.29 is 23.5 Å². The number of aryl methyl sites for hydroxylation is 1. The van der Waals surface area contributed by atoms with Crippen molar-refractivity contribution in [1.82, 2.24) is 26.2 Å². The van der Waals surface area contributed by atoms with Crippen LogP contribution in [0.15, 0.2) is 48.5 Å². The van der Waals surface area contributed by atoms with E-state index >= 15 is 0 Å². The quantitative estimate of drug-likeness (QED) is 0.447. The molecule has 40 heavy (non-hydrogen) atoms. The zero-order valence-corrected chi connectivity index (χ0v) is 23.8. The number of ether oxygens (including phenoxy) is 1. The molecule has 0 aromatic heterocycles. The van der Waals surface area contributed by atoms with Gasteiger partial charge in [-0.3, -0.25) is 14.4 Å². The number of nitrogens with one attached hydrogen (secondary N) is 4. The Labute approximate surface area is 236 Å². The van der Waals surface area contributed by atoms with E-state index in [2.05, 4.69) is 21.3 Å². The molecule has 0 aliphatic carbocycles. The molecule has 2 aromatic carbocycles. The van der Waals surface area contributed by atoms with E-state index in [9.17, 15) is 18.8 Å². The Kier molecular flexibility index (Phi) is 11.9. The molecule has 2 aromatic rings. The van der Waals surface area contributed by atoms with Crippen LogP contribution in [0.5, 0.6) is 5.75 Å². The van der Waals surface area contributed by atoms with Crippen LogP contribution in [-0.4, -0.2) is 81.1 Å². The van der Waals surface area contributed by atoms with Crippen molar-refractivity contribution in [1.29, 1.82) is 0 Å². The second-order valence-corrected chi connectivity index (χ2v) is 10.7. The topological polar surface area (TPSA) is 112 Å². The average molecular weight is 556 g/mol. The molecule has 1 heterocycles. The second kappa shape index (κ2) is 15.3. The molecule has 0 spiro atoms. The summed E-state index contributed by atoms with van der Waals surface area (Å²) in [6, 6.07) is 11.4. The van der Waals surface area contributed by atoms with Gasteiger partial charge < -0.3 is 30.9 Å². The van der Waals surface area contributed by atoms with Crippen molar-refractivity contribution in [2.45, 2.75) is 51.2 Å². The molecule has 4 N–H and O–H groups in total. The van der Waals surface area contributed by atoms with Crippen molar-refractivity contribution >= 4 is 17.7 Å². The van der Waals surface area contributed by atoms with Crippen LogP contribution in [0.3, 0.4) is 0 Å². The SMILES string of the molecule is CC(C)[C@H]1NC(=O)[C@@H](Cc2cccc(F)c2)NCCOc2ccccc2CCCNC(=O)[C@H](CN(C)C)NC1=O. The number of carbonyl (C=O) groups is 3. The van der Waals surface area contributed by atoms with Gasteiger partial charge in [0, 0.05) is 19.6 Å². The van der Waals surface area contributed by atoms with Crippen molar-refractivity contribution in [2.75, 3.05) is 40.3 Å². The van der Waals surface area contributed by atoms with Crippen molar-refractivity contribution in [2.24, 2.45) is 5.92 Å². The monoisotopic (exact) mass is 555 g/mol. The molecule has 218 valence electrons. The third kappa shape index (κ3) is 9.60. The van der Waals surface area contributed by atoms with Crippen molar-refractivity contribution in [3.63, 3.8) is 0 Å². The zero-order chi connectivity index (χ0) is 29.1. The molecule has 3 rings (SSSR count). The van der Waals surface area contributed by atoms with E-state index in [1.165, 1.54) is 12.1 Å². The van der Waals surface area contributed by atoms with Crippen LogP contribution in [0, 0.1) is 11.7 Å². The number of likely N-dealkylation sites (N-methyl/N-ethyl adjacent to an activating group) is 1. The molecule has 0 saturated heterocycles. The number of carbonyl (C=O) groups excluding carboxylic acids is 3. The maximum atomic E-state index is 13.9. The van der Waals surface area contributed by atoms with Crippen LogP contribution in [0.4, 0.5) is 4.39 Å². The zero-order valence-electron chi connectivity index (χ0n) is 23.8. The summed E-state index contributed by atoms with van der Waals surface area (Å²) in [4.78, 5) is 41.7. The lowest BCUT2D eigenvalue weighted by molar-refractivity contribution is -0.133. The molecule has 3 atom stereocenters. The van der Waals surface area contributed by atoms with Crippen LogP contribution in [-0.2, 0) is 27.2 Å². The van der Waals surface area contributed by atoms with Gasteiger partial charge >= 0.3 is 0 Å². The maximum absolute atomic E-state index is 13.9. The average Bonchev–Trinajstić information content (AvgIpc) is 2.90. The standard InChI is InChI=1S/C30H42FN5O4/c1-20(2)27-30(39)34-25(19-36(3)4)28(37)33-14-8-11-22-10-5-6-13-26(22)40-16-15-32-24(29(38)35-27)18-21-9-7-12-23(31)17-21/h5-7,9-10,12-13,17,20,24-25,27,32H,8,11,14-16,18-19H2,1-4H3,(H,33,37)(H,34,39)(H,35,38)/t24-,25+,27-/m1/s1. The minimum absolute atomic E-state index is 0.221. The molecule has 0 radical (unpaired) electrons. The minimum Gasteiger partial charge on any atom is -0.492 e. The first-order chi connectivity index (χ1) is 19.1. The van der Waals surface area contributed by atoms with E-state index in [0.717, 1.165) is 11.3 Å². The highest BCUT2D eigenvalue weighted by Gasteiger charge is 2.31. The number of para-hydroxylation sites is 1. The molecule has 0 unspecified atom stereocenters. The maximum Gasteiger partial charge on any atom is 0.243 e. The summed E-state index contributed by atoms with van der Waals surface area (Å²) in [6.07, 6.45) is 1.63. The number of hydrogen-bond donors (Lipinski definition) is 4. The molecular weight excluding hydrogens is 513 g/mol. The summed E-state index contributed by atoms with van der Waals surface area (Å²) in [6.45, 7) is 5.08. The molecule has 1 aliphatic rings. The number of fused-ring (bicyclic) bond motifs is 1. The van der Waals surface area contributed by atoms with Crippen molar-refractivity contribution in [3.05, 3.63) is 65.5 Å². The predicted octanol–water partition coefficient (Wildman–Crippen LogP) is 1.66. The summed E-state index contributed by atoms with van der Waals surface area (Å²) in [7, 11) is 3.65. The highest BCUT2D eigenvalue weighted by atomic mass is 19.1. The largest absolute Gasteiger partial charge is 0.492 e. The Morgan fingerprint density at radius 3 is 2.45 bits per heavy atom. The number of amides is 3. The fourth-order valence-electron chi connectivity index (χ4n) is 4.63. The second-order valence-electron chi connectivity index (χ2n) is 10.7. The van der Waals surface area contributed by atoms with Gasteiger partial charge in [-0.05, 0) is 68.6 Å². The van der Waals surface area contributed by atoms with E-state index in [1.807, 2.05) is 57.1 Å². The molecule has 3 amide bonds. The van der Waals surface area contributed by atoms with E-state index in [1.54, 1.807) is 12.1 Å². The van der Waals surface area contributed by atoms with Gasteiger partial charge in [0.25, 0.3) is 0 Å². The van der Waals surface area contributed by atoms with E-state index in [-0.39, 0.29) is 24.1 Å². The molecule has 10 heteroatoms. The van der Waals surface area contributed by atoms with E-state index < -0.39 is 29.9 Å². The smallest absolute Gasteiger partial charge is 0.243 e. The van der Waals surface area contributed by atoms with E-state index in [0.29, 0.717) is 44.6 Å². The molecule has 0 fully saturated rings. The van der Waals surface area contributed by atoms with Gasteiger partial charge in [0.15, 0.2) is 0 Å². The Balaban J connectivity index is 1.87. The molecule has 1 aliphatic heterocycles. The predicted molar refractivity (Wildman–Crippen MR) is 152 cm³/mol. The molecule has 0 bridgehead atoms. The Morgan fingerprint density at radius 1 is 0.950 bits per heavy atom. The summed E-state index contributed by atoms with van der Waals surface area (Å²) < 4.78 is 19.9. The highest BCUT2D eigenvalue weighted by Crippen LogP contribution is 2.19. The molecule has 9 nitrogen and oxygen atoms in total. The minimum atomic E-state index is -0.871. The van der Waals surface area contributed by atoms with Gasteiger partial charge in [-0.25, -0.2) is 4.39 Å². The van der Waals surface area contributed by atoms with Gasteiger partial charge in [0.05, 0.1) is 6.04 Å². The first-order valence-corrected chi connectivity index (χ1v) is 13.9. The van der Waals surface area contributed by atoms with Crippen LogP contribution >= 0.6 is 0 Å².